The van der Waals surface area contributed by atoms with Crippen molar-refractivity contribution in [2.75, 3.05) is 0 Å². The molecule has 108 valence electrons. The molecule has 0 saturated heterocycles. The van der Waals surface area contributed by atoms with E-state index in [0.29, 0.717) is 5.92 Å². The van der Waals surface area contributed by atoms with E-state index in [0.717, 1.165) is 25.4 Å². The van der Waals surface area contributed by atoms with Gasteiger partial charge in [0, 0.05) is 23.9 Å². The summed E-state index contributed by atoms with van der Waals surface area (Å²) in [6, 6.07) is 0.755. The normalized spacial score (nSPS) is 16.6. The van der Waals surface area contributed by atoms with Crippen molar-refractivity contribution < 1.29 is 0 Å². The van der Waals surface area contributed by atoms with Gasteiger partial charge in [0.15, 0.2) is 0 Å². The number of hydrogen-bond donors (Lipinski definition) is 1. The fraction of sp³-hybridized carbons (Fsp3) is 0.812. The van der Waals surface area contributed by atoms with Crippen molar-refractivity contribution in [3.63, 3.8) is 0 Å². The van der Waals surface area contributed by atoms with Crippen LogP contribution in [-0.2, 0) is 19.4 Å². The first-order chi connectivity index (χ1) is 9.19. The molecular formula is C16H28N2S. The highest BCUT2D eigenvalue weighted by Gasteiger charge is 2.16. The van der Waals surface area contributed by atoms with Gasteiger partial charge in [-0.3, -0.25) is 0 Å². The molecule has 2 rings (SSSR count). The van der Waals surface area contributed by atoms with Gasteiger partial charge in [-0.1, -0.05) is 40.0 Å². The zero-order valence-corrected chi connectivity index (χ0v) is 13.5. The second-order valence-corrected chi connectivity index (χ2v) is 7.36. The first-order valence-electron chi connectivity index (χ1n) is 7.89. The molecule has 1 aromatic rings. The number of aromatic nitrogens is 1. The number of thiazole rings is 1. The monoisotopic (exact) mass is 280 g/mol. The highest BCUT2D eigenvalue weighted by atomic mass is 32.1. The molecule has 1 saturated carbocycles. The Morgan fingerprint density at radius 3 is 2.68 bits per heavy atom. The van der Waals surface area contributed by atoms with Crippen molar-refractivity contribution in [3.8, 4) is 0 Å². The van der Waals surface area contributed by atoms with Gasteiger partial charge in [0.05, 0.1) is 10.7 Å². The van der Waals surface area contributed by atoms with Crippen LogP contribution in [0.3, 0.4) is 0 Å². The minimum absolute atomic E-state index is 0.705. The topological polar surface area (TPSA) is 24.9 Å². The second-order valence-electron chi connectivity index (χ2n) is 6.19. The molecule has 0 spiro atoms. The van der Waals surface area contributed by atoms with Crippen molar-refractivity contribution in [2.45, 2.75) is 78.3 Å². The van der Waals surface area contributed by atoms with Gasteiger partial charge < -0.3 is 5.32 Å². The first-order valence-corrected chi connectivity index (χ1v) is 8.71. The molecule has 0 radical (unpaired) electrons. The molecule has 0 aromatic carbocycles. The first kappa shape index (κ1) is 15.0. The van der Waals surface area contributed by atoms with Crippen LogP contribution >= 0.6 is 11.3 Å². The number of nitrogens with zero attached hydrogens (tertiary/aromatic N) is 1. The summed E-state index contributed by atoms with van der Waals surface area (Å²) in [6.45, 7) is 7.83. The molecule has 2 nitrogen and oxygen atoms in total. The highest BCUT2D eigenvalue weighted by Crippen LogP contribution is 2.24. The van der Waals surface area contributed by atoms with Crippen LogP contribution in [0.25, 0.3) is 0 Å². The molecule has 0 atom stereocenters. The van der Waals surface area contributed by atoms with Gasteiger partial charge in [0.2, 0.25) is 0 Å². The van der Waals surface area contributed by atoms with Crippen LogP contribution < -0.4 is 5.32 Å². The molecule has 1 heterocycles. The van der Waals surface area contributed by atoms with Gasteiger partial charge >= 0.3 is 0 Å². The summed E-state index contributed by atoms with van der Waals surface area (Å²) in [5.41, 5.74) is 1.36. The van der Waals surface area contributed by atoms with E-state index < -0.39 is 0 Å². The Morgan fingerprint density at radius 1 is 1.32 bits per heavy atom. The molecule has 1 aromatic heterocycles. The summed E-state index contributed by atoms with van der Waals surface area (Å²) in [5, 5.41) is 5.07. The summed E-state index contributed by atoms with van der Waals surface area (Å²) in [4.78, 5) is 6.35. The van der Waals surface area contributed by atoms with Crippen LogP contribution in [-0.4, -0.2) is 11.0 Å². The van der Waals surface area contributed by atoms with Gasteiger partial charge in [-0.25, -0.2) is 4.98 Å². The molecule has 0 amide bonds. The number of nitrogens with one attached hydrogen (secondary N) is 1. The zero-order valence-electron chi connectivity index (χ0n) is 12.7. The largest absolute Gasteiger partial charge is 0.309 e. The maximum atomic E-state index is 4.86. The maximum absolute atomic E-state index is 4.86. The van der Waals surface area contributed by atoms with E-state index in [2.05, 4.69) is 26.1 Å². The van der Waals surface area contributed by atoms with E-state index in [4.69, 9.17) is 4.98 Å². The molecule has 1 N–H and O–H groups in total. The minimum atomic E-state index is 0.705. The Morgan fingerprint density at radius 2 is 2.05 bits per heavy atom. The van der Waals surface area contributed by atoms with Gasteiger partial charge in [-0.2, -0.15) is 0 Å². The van der Waals surface area contributed by atoms with E-state index in [1.165, 1.54) is 47.7 Å². The third-order valence-corrected chi connectivity index (χ3v) is 4.92. The number of rotatable bonds is 7. The highest BCUT2D eigenvalue weighted by molar-refractivity contribution is 7.11. The van der Waals surface area contributed by atoms with Crippen LogP contribution in [0.1, 0.15) is 68.5 Å². The Bertz CT molecular complexity index is 378. The van der Waals surface area contributed by atoms with E-state index in [9.17, 15) is 0 Å². The quantitative estimate of drug-likeness (QED) is 0.804. The second kappa shape index (κ2) is 7.39. The lowest BCUT2D eigenvalue weighted by Gasteiger charge is -2.11. The maximum Gasteiger partial charge on any atom is 0.0934 e. The summed E-state index contributed by atoms with van der Waals surface area (Å²) < 4.78 is 0. The summed E-state index contributed by atoms with van der Waals surface area (Å²) in [7, 11) is 0. The Hall–Kier alpha value is -0.410. The third kappa shape index (κ3) is 4.57. The Kier molecular flexibility index (Phi) is 5.83. The zero-order chi connectivity index (χ0) is 13.7. The smallest absolute Gasteiger partial charge is 0.0934 e. The summed E-state index contributed by atoms with van der Waals surface area (Å²) in [5.74, 6) is 0.705. The lowest BCUT2D eigenvalue weighted by Crippen LogP contribution is -2.25. The Labute approximate surface area is 122 Å². The standard InChI is InChI=1S/C16H28N2S/c1-4-7-14-15(11-17-13-8-5-6-9-13)19-16(18-14)10-12(2)3/h12-13,17H,4-11H2,1-3H3. The van der Waals surface area contributed by atoms with Crippen molar-refractivity contribution in [1.29, 1.82) is 0 Å². The SMILES string of the molecule is CCCc1nc(CC(C)C)sc1CNC1CCCC1. The molecule has 1 fully saturated rings. The fourth-order valence-electron chi connectivity index (χ4n) is 2.81. The molecule has 19 heavy (non-hydrogen) atoms. The number of hydrogen-bond acceptors (Lipinski definition) is 3. The van der Waals surface area contributed by atoms with Gasteiger partial charge in [-0.05, 0) is 25.2 Å². The van der Waals surface area contributed by atoms with Gasteiger partial charge in [0.25, 0.3) is 0 Å². The number of aryl methyl sites for hydroxylation is 1. The van der Waals surface area contributed by atoms with Gasteiger partial charge in [-0.15, -0.1) is 11.3 Å². The van der Waals surface area contributed by atoms with Crippen LogP contribution in [0.5, 0.6) is 0 Å². The molecule has 3 heteroatoms. The molecule has 0 bridgehead atoms. The third-order valence-electron chi connectivity index (χ3n) is 3.80. The average molecular weight is 280 g/mol. The van der Waals surface area contributed by atoms with Crippen LogP contribution in [0, 0.1) is 5.92 Å². The fourth-order valence-corrected chi connectivity index (χ4v) is 4.09. The van der Waals surface area contributed by atoms with E-state index in [1.54, 1.807) is 0 Å². The van der Waals surface area contributed by atoms with Crippen molar-refractivity contribution in [2.24, 2.45) is 5.92 Å². The van der Waals surface area contributed by atoms with Crippen LogP contribution in [0.4, 0.5) is 0 Å². The van der Waals surface area contributed by atoms with Crippen molar-refractivity contribution >= 4 is 11.3 Å². The lowest BCUT2D eigenvalue weighted by molar-refractivity contribution is 0.525. The van der Waals surface area contributed by atoms with Crippen molar-refractivity contribution in [1.82, 2.24) is 10.3 Å². The van der Waals surface area contributed by atoms with E-state index in [1.807, 2.05) is 11.3 Å². The predicted molar refractivity (Wildman–Crippen MR) is 83.7 cm³/mol. The molecule has 1 aliphatic carbocycles. The van der Waals surface area contributed by atoms with Crippen LogP contribution in [0.2, 0.25) is 0 Å². The van der Waals surface area contributed by atoms with Gasteiger partial charge in [0.1, 0.15) is 0 Å². The summed E-state index contributed by atoms with van der Waals surface area (Å²) in [6.07, 6.45) is 8.99. The summed E-state index contributed by atoms with van der Waals surface area (Å²) >= 11 is 1.94. The minimum Gasteiger partial charge on any atom is -0.309 e. The van der Waals surface area contributed by atoms with Crippen molar-refractivity contribution in [3.05, 3.63) is 15.6 Å². The molecule has 1 aliphatic rings. The lowest BCUT2D eigenvalue weighted by atomic mass is 10.1. The Balaban J connectivity index is 1.97. The predicted octanol–water partition coefficient (Wildman–Crippen LogP) is 4.33. The molecule has 0 aliphatic heterocycles. The average Bonchev–Trinajstić information content (AvgIpc) is 2.96. The van der Waals surface area contributed by atoms with Crippen LogP contribution in [0.15, 0.2) is 0 Å². The molecule has 0 unspecified atom stereocenters. The molecular weight excluding hydrogens is 252 g/mol. The van der Waals surface area contributed by atoms with E-state index >= 15 is 0 Å². The van der Waals surface area contributed by atoms with E-state index in [-0.39, 0.29) is 0 Å².